The number of aliphatic carboxylic acids is 1. The first-order chi connectivity index (χ1) is 14.1. The molecule has 172 valence electrons. The molecule has 0 aromatic rings. The number of carboxylic acids is 1. The van der Waals surface area contributed by atoms with Crippen LogP contribution in [-0.2, 0) is 14.3 Å². The summed E-state index contributed by atoms with van der Waals surface area (Å²) in [5.74, 6) is -0.695. The molecule has 0 radical (unpaired) electrons. The summed E-state index contributed by atoms with van der Waals surface area (Å²) >= 11 is 0. The SMILES string of the molecule is CC(=O)N1CCC2(CC1)CC(COCC1CC1)N(CC1CC1)C2.O=C(O)C(F)(F)F. The number of piperidine rings is 1. The molecule has 30 heavy (non-hydrogen) atoms. The minimum Gasteiger partial charge on any atom is -0.475 e. The number of hydrogen-bond acceptors (Lipinski definition) is 4. The molecule has 4 fully saturated rings. The average molecular weight is 434 g/mol. The van der Waals surface area contributed by atoms with Crippen LogP contribution in [0.15, 0.2) is 0 Å². The molecule has 2 aliphatic heterocycles. The van der Waals surface area contributed by atoms with Crippen LogP contribution in [0.25, 0.3) is 0 Å². The lowest BCUT2D eigenvalue weighted by Gasteiger charge is -2.39. The van der Waals surface area contributed by atoms with Gasteiger partial charge in [-0.1, -0.05) is 0 Å². The third-order valence-corrected chi connectivity index (χ3v) is 6.79. The summed E-state index contributed by atoms with van der Waals surface area (Å²) in [5.41, 5.74) is 0.453. The van der Waals surface area contributed by atoms with Gasteiger partial charge in [0, 0.05) is 45.8 Å². The summed E-state index contributed by atoms with van der Waals surface area (Å²) in [7, 11) is 0. The van der Waals surface area contributed by atoms with Gasteiger partial charge in [-0.15, -0.1) is 0 Å². The zero-order valence-corrected chi connectivity index (χ0v) is 17.6. The summed E-state index contributed by atoms with van der Waals surface area (Å²) in [5, 5.41) is 7.12. The van der Waals surface area contributed by atoms with E-state index in [2.05, 4.69) is 4.90 Å². The molecule has 1 atom stereocenters. The number of ether oxygens (including phenoxy) is 1. The van der Waals surface area contributed by atoms with E-state index in [1.54, 1.807) is 6.92 Å². The van der Waals surface area contributed by atoms with E-state index in [1.807, 2.05) is 4.90 Å². The second-order valence-electron chi connectivity index (χ2n) is 9.52. The third kappa shape index (κ3) is 6.83. The van der Waals surface area contributed by atoms with E-state index in [0.717, 1.165) is 38.1 Å². The predicted molar refractivity (Wildman–Crippen MR) is 104 cm³/mol. The van der Waals surface area contributed by atoms with E-state index in [9.17, 15) is 18.0 Å². The van der Waals surface area contributed by atoms with Crippen LogP contribution in [0.4, 0.5) is 13.2 Å². The van der Waals surface area contributed by atoms with Crippen molar-refractivity contribution in [2.45, 2.75) is 64.1 Å². The third-order valence-electron chi connectivity index (χ3n) is 6.79. The largest absolute Gasteiger partial charge is 0.490 e. The summed E-state index contributed by atoms with van der Waals surface area (Å²) in [4.78, 5) is 25.3. The van der Waals surface area contributed by atoms with Gasteiger partial charge in [0.1, 0.15) is 0 Å². The Morgan fingerprint density at radius 3 is 2.10 bits per heavy atom. The number of carbonyl (C=O) groups excluding carboxylic acids is 1. The zero-order chi connectivity index (χ0) is 21.9. The quantitative estimate of drug-likeness (QED) is 0.696. The summed E-state index contributed by atoms with van der Waals surface area (Å²) in [6, 6.07) is 0.623. The van der Waals surface area contributed by atoms with Gasteiger partial charge in [0.05, 0.1) is 6.61 Å². The second-order valence-corrected chi connectivity index (χ2v) is 9.52. The van der Waals surface area contributed by atoms with E-state index >= 15 is 0 Å². The first-order valence-corrected chi connectivity index (χ1v) is 11.0. The molecule has 1 spiro atoms. The highest BCUT2D eigenvalue weighted by Gasteiger charge is 2.46. The van der Waals surface area contributed by atoms with E-state index in [-0.39, 0.29) is 5.91 Å². The van der Waals surface area contributed by atoms with Crippen molar-refractivity contribution in [3.05, 3.63) is 0 Å². The molecule has 2 saturated heterocycles. The van der Waals surface area contributed by atoms with Crippen LogP contribution in [0, 0.1) is 17.3 Å². The van der Waals surface area contributed by atoms with Gasteiger partial charge in [-0.05, 0) is 62.2 Å². The number of halogens is 3. The van der Waals surface area contributed by atoms with Crippen LogP contribution < -0.4 is 0 Å². The molecule has 0 aromatic heterocycles. The summed E-state index contributed by atoms with van der Waals surface area (Å²) in [6.45, 7) is 8.08. The lowest BCUT2D eigenvalue weighted by Crippen LogP contribution is -2.43. The number of nitrogens with zero attached hydrogens (tertiary/aromatic N) is 2. The summed E-state index contributed by atoms with van der Waals surface area (Å²) in [6.07, 6.45) is 4.19. The molecular weight excluding hydrogens is 401 g/mol. The number of alkyl halides is 3. The van der Waals surface area contributed by atoms with Gasteiger partial charge < -0.3 is 14.7 Å². The Hall–Kier alpha value is -1.35. The Kier molecular flexibility index (Phi) is 7.32. The van der Waals surface area contributed by atoms with Crippen LogP contribution in [0.3, 0.4) is 0 Å². The predicted octanol–water partition coefficient (Wildman–Crippen LogP) is 3.16. The molecule has 2 saturated carbocycles. The topological polar surface area (TPSA) is 70.1 Å². The van der Waals surface area contributed by atoms with Crippen LogP contribution >= 0.6 is 0 Å². The van der Waals surface area contributed by atoms with Gasteiger partial charge in [-0.25, -0.2) is 4.79 Å². The van der Waals surface area contributed by atoms with Gasteiger partial charge >= 0.3 is 12.1 Å². The van der Waals surface area contributed by atoms with E-state index in [0.29, 0.717) is 11.5 Å². The second kappa shape index (κ2) is 9.42. The molecule has 2 aliphatic carbocycles. The zero-order valence-electron chi connectivity index (χ0n) is 17.6. The van der Waals surface area contributed by atoms with Crippen molar-refractivity contribution in [3.63, 3.8) is 0 Å². The molecule has 6 nitrogen and oxygen atoms in total. The highest BCUT2D eigenvalue weighted by Crippen LogP contribution is 2.45. The fourth-order valence-corrected chi connectivity index (χ4v) is 4.58. The van der Waals surface area contributed by atoms with Crippen LogP contribution in [-0.4, -0.2) is 78.4 Å². The standard InChI is InChI=1S/C19H32N2O2.C2HF3O2/c1-15(22)20-8-6-19(7-9-20)10-18(13-23-12-17-4-5-17)21(14-19)11-16-2-3-16;3-2(4,5)1(6)7/h16-18H,2-14H2,1H3;(H,6,7). The normalized spacial score (nSPS) is 26.4. The molecule has 1 unspecified atom stereocenters. The summed E-state index contributed by atoms with van der Waals surface area (Å²) < 4.78 is 37.8. The first-order valence-electron chi connectivity index (χ1n) is 11.0. The molecule has 4 aliphatic rings. The highest BCUT2D eigenvalue weighted by molar-refractivity contribution is 5.73. The smallest absolute Gasteiger partial charge is 0.475 e. The van der Waals surface area contributed by atoms with E-state index in [1.165, 1.54) is 58.0 Å². The van der Waals surface area contributed by atoms with Crippen molar-refractivity contribution in [2.75, 3.05) is 39.4 Å². The maximum Gasteiger partial charge on any atom is 0.490 e. The van der Waals surface area contributed by atoms with Gasteiger partial charge in [0.25, 0.3) is 0 Å². The lowest BCUT2D eigenvalue weighted by molar-refractivity contribution is -0.192. The van der Waals surface area contributed by atoms with E-state index in [4.69, 9.17) is 14.6 Å². The molecule has 9 heteroatoms. The number of likely N-dealkylation sites (tertiary alicyclic amines) is 2. The Bertz CT molecular complexity index is 612. The van der Waals surface area contributed by atoms with Crippen LogP contribution in [0.5, 0.6) is 0 Å². The van der Waals surface area contributed by atoms with Gasteiger partial charge in [-0.3, -0.25) is 9.69 Å². The number of carboxylic acid groups (broad SMARTS) is 1. The molecule has 0 bridgehead atoms. The molecule has 1 amide bonds. The van der Waals surface area contributed by atoms with Crippen molar-refractivity contribution in [1.29, 1.82) is 0 Å². The van der Waals surface area contributed by atoms with Gasteiger partial charge in [0.2, 0.25) is 5.91 Å². The van der Waals surface area contributed by atoms with Crippen molar-refractivity contribution >= 4 is 11.9 Å². The number of amides is 1. The van der Waals surface area contributed by atoms with Crippen molar-refractivity contribution in [3.8, 4) is 0 Å². The van der Waals surface area contributed by atoms with Crippen molar-refractivity contribution in [1.82, 2.24) is 9.80 Å². The molecule has 2 heterocycles. The first kappa shape index (κ1) is 23.3. The maximum absolute atomic E-state index is 11.6. The Morgan fingerprint density at radius 2 is 1.63 bits per heavy atom. The Morgan fingerprint density at radius 1 is 1.07 bits per heavy atom. The minimum absolute atomic E-state index is 0.247. The van der Waals surface area contributed by atoms with E-state index < -0.39 is 12.1 Å². The fraction of sp³-hybridized carbons (Fsp3) is 0.905. The fourth-order valence-electron chi connectivity index (χ4n) is 4.58. The molecule has 4 rings (SSSR count). The molecule has 1 N–H and O–H groups in total. The average Bonchev–Trinajstić information content (AvgIpc) is 3.57. The van der Waals surface area contributed by atoms with Crippen molar-refractivity contribution < 1.29 is 32.6 Å². The Labute approximate surface area is 175 Å². The molecule has 0 aromatic carbocycles. The van der Waals surface area contributed by atoms with Crippen molar-refractivity contribution in [2.24, 2.45) is 17.3 Å². The maximum atomic E-state index is 11.6. The number of carbonyl (C=O) groups is 2. The van der Waals surface area contributed by atoms with Gasteiger partial charge in [0.15, 0.2) is 0 Å². The highest BCUT2D eigenvalue weighted by atomic mass is 19.4. The van der Waals surface area contributed by atoms with Crippen LogP contribution in [0.2, 0.25) is 0 Å². The number of hydrogen-bond donors (Lipinski definition) is 1. The minimum atomic E-state index is -5.08. The van der Waals surface area contributed by atoms with Gasteiger partial charge in [-0.2, -0.15) is 13.2 Å². The Balaban J connectivity index is 0.000000318. The molecular formula is C21H33F3N2O4. The van der Waals surface area contributed by atoms with Crippen LogP contribution in [0.1, 0.15) is 51.9 Å². The number of rotatable bonds is 6. The lowest BCUT2D eigenvalue weighted by atomic mass is 9.76. The monoisotopic (exact) mass is 434 g/mol.